The third-order valence-electron chi connectivity index (χ3n) is 2.23. The second kappa shape index (κ2) is 7.63. The van der Waals surface area contributed by atoms with Gasteiger partial charge in [0, 0.05) is 3.57 Å². The van der Waals surface area contributed by atoms with Crippen molar-refractivity contribution in [1.82, 2.24) is 0 Å². The monoisotopic (exact) mass is 406 g/mol. The zero-order valence-corrected chi connectivity index (χ0v) is 14.7. The highest BCUT2D eigenvalue weighted by molar-refractivity contribution is 14.1. The summed E-state index contributed by atoms with van der Waals surface area (Å²) in [7, 11) is 0. The number of carbonyl (C=O) groups is 2. The molecule has 0 saturated carbocycles. The average Bonchev–Trinajstić information content (AvgIpc) is 2.35. The molecule has 1 rings (SSSR count). The first-order valence-corrected chi connectivity index (χ1v) is 7.61. The van der Waals surface area contributed by atoms with E-state index in [1.165, 1.54) is 0 Å². The van der Waals surface area contributed by atoms with E-state index in [1.54, 1.807) is 32.9 Å². The molecule has 0 radical (unpaired) electrons. The van der Waals surface area contributed by atoms with Crippen molar-refractivity contribution in [2.24, 2.45) is 0 Å². The molecule has 1 aromatic rings. The minimum atomic E-state index is -0.581. The van der Waals surface area contributed by atoms with Crippen LogP contribution in [0, 0.1) is 3.57 Å². The Labute approximate surface area is 138 Å². The zero-order chi connectivity index (χ0) is 16.0. The van der Waals surface area contributed by atoms with Gasteiger partial charge in [-0.05, 0) is 62.4 Å². The lowest BCUT2D eigenvalue weighted by atomic mass is 10.2. The molecule has 5 nitrogen and oxygen atoms in total. The van der Waals surface area contributed by atoms with E-state index in [1.807, 2.05) is 6.92 Å². The summed E-state index contributed by atoms with van der Waals surface area (Å²) in [5.41, 5.74) is -0.239. The molecule has 6 heteroatoms. The molecule has 21 heavy (non-hydrogen) atoms. The number of carbonyl (C=O) groups excluding carboxylic acids is 2. The van der Waals surface area contributed by atoms with E-state index in [-0.39, 0.29) is 12.4 Å². The van der Waals surface area contributed by atoms with E-state index in [0.29, 0.717) is 24.2 Å². The van der Waals surface area contributed by atoms with E-state index < -0.39 is 11.6 Å². The molecule has 1 aromatic carbocycles. The fraction of sp³-hybridized carbons (Fsp3) is 0.467. The number of hydrogen-bond acceptors (Lipinski definition) is 5. The molecule has 0 fully saturated rings. The maximum atomic E-state index is 11.7. The highest BCUT2D eigenvalue weighted by Gasteiger charge is 2.19. The van der Waals surface area contributed by atoms with Crippen LogP contribution in [0.1, 0.15) is 38.1 Å². The van der Waals surface area contributed by atoms with Gasteiger partial charge in [-0.15, -0.1) is 0 Å². The number of hydrogen-bond donors (Lipinski definition) is 0. The van der Waals surface area contributed by atoms with Crippen LogP contribution in [0.3, 0.4) is 0 Å². The largest absolute Gasteiger partial charge is 0.490 e. The lowest BCUT2D eigenvalue weighted by Crippen LogP contribution is -2.27. The average molecular weight is 406 g/mol. The first-order valence-electron chi connectivity index (χ1n) is 6.53. The van der Waals surface area contributed by atoms with Gasteiger partial charge in [0.15, 0.2) is 24.4 Å². The highest BCUT2D eigenvalue weighted by Crippen LogP contribution is 2.33. The molecule has 0 N–H and O–H groups in total. The molecule has 0 saturated heterocycles. The van der Waals surface area contributed by atoms with Crippen molar-refractivity contribution >= 4 is 34.8 Å². The van der Waals surface area contributed by atoms with Crippen LogP contribution in [0.4, 0.5) is 0 Å². The molecule has 116 valence electrons. The Kier molecular flexibility index (Phi) is 6.44. The maximum absolute atomic E-state index is 11.7. The van der Waals surface area contributed by atoms with Gasteiger partial charge in [0.1, 0.15) is 5.60 Å². The van der Waals surface area contributed by atoms with Crippen molar-refractivity contribution in [1.29, 1.82) is 0 Å². The smallest absolute Gasteiger partial charge is 0.344 e. The van der Waals surface area contributed by atoms with Crippen molar-refractivity contribution in [3.8, 4) is 11.5 Å². The molecule has 0 spiro atoms. The standard InChI is InChI=1S/C15H19IO5/c1-5-19-12-7-11(16)6-10(8-17)14(12)20-9-13(18)21-15(2,3)4/h6-8H,5,9H2,1-4H3. The molecule has 0 amide bonds. The molecule has 0 aliphatic carbocycles. The summed E-state index contributed by atoms with van der Waals surface area (Å²) in [6, 6.07) is 3.42. The summed E-state index contributed by atoms with van der Waals surface area (Å²) in [6.45, 7) is 7.31. The Hall–Kier alpha value is -1.31. The molecule has 0 atom stereocenters. The van der Waals surface area contributed by atoms with E-state index in [9.17, 15) is 9.59 Å². The predicted molar refractivity (Wildman–Crippen MR) is 87.1 cm³/mol. The van der Waals surface area contributed by atoms with Crippen LogP contribution in [0.15, 0.2) is 12.1 Å². The first kappa shape index (κ1) is 17.7. The van der Waals surface area contributed by atoms with Gasteiger partial charge >= 0.3 is 5.97 Å². The fourth-order valence-corrected chi connectivity index (χ4v) is 2.21. The van der Waals surface area contributed by atoms with Crippen LogP contribution in [0.2, 0.25) is 0 Å². The number of halogens is 1. The molecule has 0 aliphatic rings. The minimum Gasteiger partial charge on any atom is -0.490 e. The number of ether oxygens (including phenoxy) is 3. The summed E-state index contributed by atoms with van der Waals surface area (Å²) in [6.07, 6.45) is 0.676. The second-order valence-corrected chi connectivity index (χ2v) is 6.49. The number of aldehydes is 1. The van der Waals surface area contributed by atoms with Crippen LogP contribution >= 0.6 is 22.6 Å². The summed E-state index contributed by atoms with van der Waals surface area (Å²) in [5.74, 6) is 0.202. The third kappa shape index (κ3) is 5.91. The van der Waals surface area contributed by atoms with E-state index in [2.05, 4.69) is 22.6 Å². The second-order valence-electron chi connectivity index (χ2n) is 5.25. The van der Waals surface area contributed by atoms with Crippen molar-refractivity contribution < 1.29 is 23.8 Å². The highest BCUT2D eigenvalue weighted by atomic mass is 127. The minimum absolute atomic E-state index is 0.262. The number of benzene rings is 1. The molecular formula is C15H19IO5. The van der Waals surface area contributed by atoms with Crippen molar-refractivity contribution in [3.05, 3.63) is 21.3 Å². The molecular weight excluding hydrogens is 387 g/mol. The third-order valence-corrected chi connectivity index (χ3v) is 2.85. The van der Waals surface area contributed by atoms with Gasteiger partial charge in [-0.25, -0.2) is 4.79 Å². The van der Waals surface area contributed by atoms with Crippen LogP contribution in [-0.2, 0) is 9.53 Å². The molecule has 0 aromatic heterocycles. The van der Waals surface area contributed by atoms with Crippen molar-refractivity contribution in [3.63, 3.8) is 0 Å². The lowest BCUT2D eigenvalue weighted by Gasteiger charge is -2.20. The normalized spacial score (nSPS) is 10.9. The van der Waals surface area contributed by atoms with Gasteiger partial charge in [0.05, 0.1) is 12.2 Å². The van der Waals surface area contributed by atoms with Crippen LogP contribution < -0.4 is 9.47 Å². The quantitative estimate of drug-likeness (QED) is 0.413. The summed E-state index contributed by atoms with van der Waals surface area (Å²) >= 11 is 2.08. The van der Waals surface area contributed by atoms with Gasteiger partial charge in [-0.2, -0.15) is 0 Å². The number of esters is 1. The topological polar surface area (TPSA) is 61.8 Å². The first-order chi connectivity index (χ1) is 9.76. The summed E-state index contributed by atoms with van der Waals surface area (Å²) in [5, 5.41) is 0. The Balaban J connectivity index is 2.91. The molecule has 0 aliphatic heterocycles. The molecule has 0 unspecified atom stereocenters. The zero-order valence-electron chi connectivity index (χ0n) is 12.6. The van der Waals surface area contributed by atoms with Gasteiger partial charge in [0.25, 0.3) is 0 Å². The van der Waals surface area contributed by atoms with Crippen molar-refractivity contribution in [2.75, 3.05) is 13.2 Å². The SMILES string of the molecule is CCOc1cc(I)cc(C=O)c1OCC(=O)OC(C)(C)C. The maximum Gasteiger partial charge on any atom is 0.344 e. The Morgan fingerprint density at radius 1 is 1.29 bits per heavy atom. The van der Waals surface area contributed by atoms with E-state index >= 15 is 0 Å². The van der Waals surface area contributed by atoms with Crippen LogP contribution in [-0.4, -0.2) is 31.1 Å². The summed E-state index contributed by atoms with van der Waals surface area (Å²) in [4.78, 5) is 22.8. The Bertz CT molecular complexity index is 520. The van der Waals surface area contributed by atoms with Crippen LogP contribution in [0.25, 0.3) is 0 Å². The lowest BCUT2D eigenvalue weighted by molar-refractivity contribution is -0.157. The molecule has 0 heterocycles. The fourth-order valence-electron chi connectivity index (χ4n) is 1.60. The van der Waals surface area contributed by atoms with Crippen LogP contribution in [0.5, 0.6) is 11.5 Å². The van der Waals surface area contributed by atoms with Gasteiger partial charge < -0.3 is 14.2 Å². The Morgan fingerprint density at radius 2 is 1.95 bits per heavy atom. The van der Waals surface area contributed by atoms with E-state index in [0.717, 1.165) is 3.57 Å². The Morgan fingerprint density at radius 3 is 2.48 bits per heavy atom. The van der Waals surface area contributed by atoms with Gasteiger partial charge in [0.2, 0.25) is 0 Å². The number of rotatable bonds is 6. The summed E-state index contributed by atoms with van der Waals surface area (Å²) < 4.78 is 16.9. The molecule has 0 bridgehead atoms. The van der Waals surface area contributed by atoms with Gasteiger partial charge in [-0.3, -0.25) is 4.79 Å². The van der Waals surface area contributed by atoms with E-state index in [4.69, 9.17) is 14.2 Å². The predicted octanol–water partition coefficient (Wildman–Crippen LogP) is 3.22. The van der Waals surface area contributed by atoms with Gasteiger partial charge in [-0.1, -0.05) is 0 Å². The van der Waals surface area contributed by atoms with Crippen molar-refractivity contribution in [2.45, 2.75) is 33.3 Å².